The van der Waals surface area contributed by atoms with Gasteiger partial charge in [0.2, 0.25) is 0 Å². The second kappa shape index (κ2) is 8.03. The van der Waals surface area contributed by atoms with Gasteiger partial charge in [-0.25, -0.2) is 0 Å². The molecule has 0 atom stereocenters. The van der Waals surface area contributed by atoms with Gasteiger partial charge in [-0.05, 0) is 36.3 Å². The minimum atomic E-state index is 0.549. The number of hydrogen-bond acceptors (Lipinski definition) is 3. The van der Waals surface area contributed by atoms with Gasteiger partial charge in [-0.15, -0.1) is 0 Å². The second-order valence-corrected chi connectivity index (χ2v) is 4.91. The van der Waals surface area contributed by atoms with Crippen LogP contribution in [0.3, 0.4) is 0 Å². The third kappa shape index (κ3) is 4.22. The summed E-state index contributed by atoms with van der Waals surface area (Å²) in [5.74, 6) is 0.822. The molecule has 0 radical (unpaired) electrons. The lowest BCUT2D eigenvalue weighted by Crippen LogP contribution is -2.04. The van der Waals surface area contributed by atoms with Gasteiger partial charge < -0.3 is 9.57 Å². The number of ether oxygens (including phenoxy) is 1. The van der Waals surface area contributed by atoms with E-state index in [0.717, 1.165) is 34.6 Å². The molecule has 2 aromatic rings. The Morgan fingerprint density at radius 1 is 1.00 bits per heavy atom. The van der Waals surface area contributed by atoms with Crippen molar-refractivity contribution in [2.45, 2.75) is 13.3 Å². The van der Waals surface area contributed by atoms with E-state index in [9.17, 15) is 0 Å². The van der Waals surface area contributed by atoms with Gasteiger partial charge in [-0.3, -0.25) is 0 Å². The highest BCUT2D eigenvalue weighted by atomic mass is 16.6. The van der Waals surface area contributed by atoms with Gasteiger partial charge in [-0.1, -0.05) is 49.0 Å². The quantitative estimate of drug-likeness (QED) is 0.430. The molecule has 0 heterocycles. The van der Waals surface area contributed by atoms with Crippen molar-refractivity contribution < 1.29 is 9.57 Å². The molecule has 0 aliphatic rings. The molecule has 2 aromatic carbocycles. The van der Waals surface area contributed by atoms with Gasteiger partial charge in [0.1, 0.15) is 25.2 Å². The highest BCUT2D eigenvalue weighted by Gasteiger charge is 2.08. The van der Waals surface area contributed by atoms with E-state index >= 15 is 0 Å². The van der Waals surface area contributed by atoms with Crippen molar-refractivity contribution in [1.29, 1.82) is 0 Å². The number of hydrogen-bond donors (Lipinski definition) is 0. The van der Waals surface area contributed by atoms with Crippen molar-refractivity contribution in [1.82, 2.24) is 0 Å². The van der Waals surface area contributed by atoms with Crippen molar-refractivity contribution in [3.8, 4) is 5.75 Å². The van der Waals surface area contributed by atoms with E-state index in [4.69, 9.17) is 9.57 Å². The fourth-order valence-electron chi connectivity index (χ4n) is 1.96. The molecule has 0 aliphatic carbocycles. The van der Waals surface area contributed by atoms with E-state index in [0.29, 0.717) is 6.61 Å². The van der Waals surface area contributed by atoms with Gasteiger partial charge in [-0.2, -0.15) is 0 Å². The minimum Gasteiger partial charge on any atom is -0.489 e. The van der Waals surface area contributed by atoms with Crippen LogP contribution in [0.1, 0.15) is 24.5 Å². The molecule has 0 saturated carbocycles. The van der Waals surface area contributed by atoms with Crippen molar-refractivity contribution in [3.63, 3.8) is 0 Å². The molecule has 0 saturated heterocycles. The predicted octanol–water partition coefficient (Wildman–Crippen LogP) is 4.43. The highest BCUT2D eigenvalue weighted by Crippen LogP contribution is 2.17. The van der Waals surface area contributed by atoms with E-state index in [2.05, 4.69) is 18.7 Å². The van der Waals surface area contributed by atoms with Crippen molar-refractivity contribution >= 4 is 5.71 Å². The van der Waals surface area contributed by atoms with Gasteiger partial charge >= 0.3 is 0 Å². The Morgan fingerprint density at radius 3 is 2.23 bits per heavy atom. The standard InChI is InChI=1S/C19H21NO2/c1-4-15(2)14-22-18-12-10-17(11-13-18)19(20-21-3)16-8-6-5-7-9-16/h5-13H,2,4,14H2,1,3H3. The molecule has 0 fully saturated rings. The van der Waals surface area contributed by atoms with Crippen LogP contribution in [0.2, 0.25) is 0 Å². The summed E-state index contributed by atoms with van der Waals surface area (Å²) in [5, 5.41) is 4.14. The maximum Gasteiger partial charge on any atom is 0.119 e. The highest BCUT2D eigenvalue weighted by molar-refractivity contribution is 6.12. The molecule has 0 unspecified atom stereocenters. The summed E-state index contributed by atoms with van der Waals surface area (Å²) in [5.41, 5.74) is 3.87. The summed E-state index contributed by atoms with van der Waals surface area (Å²) in [6.07, 6.45) is 0.927. The lowest BCUT2D eigenvalue weighted by molar-refractivity contribution is 0.214. The van der Waals surface area contributed by atoms with Gasteiger partial charge in [0.05, 0.1) is 0 Å². The van der Waals surface area contributed by atoms with Crippen LogP contribution in [0.25, 0.3) is 0 Å². The third-order valence-electron chi connectivity index (χ3n) is 3.30. The van der Waals surface area contributed by atoms with E-state index in [1.54, 1.807) is 7.11 Å². The largest absolute Gasteiger partial charge is 0.489 e. The molecular weight excluding hydrogens is 274 g/mol. The van der Waals surface area contributed by atoms with Crippen LogP contribution in [0.15, 0.2) is 71.9 Å². The van der Waals surface area contributed by atoms with Crippen LogP contribution in [0.4, 0.5) is 0 Å². The fourth-order valence-corrected chi connectivity index (χ4v) is 1.96. The molecule has 22 heavy (non-hydrogen) atoms. The van der Waals surface area contributed by atoms with Gasteiger partial charge in [0.25, 0.3) is 0 Å². The van der Waals surface area contributed by atoms with Crippen LogP contribution in [-0.2, 0) is 4.84 Å². The summed E-state index contributed by atoms with van der Waals surface area (Å²) < 4.78 is 5.69. The molecule has 0 amide bonds. The van der Waals surface area contributed by atoms with Crippen molar-refractivity contribution in [2.24, 2.45) is 5.16 Å². The molecule has 0 aliphatic heterocycles. The Labute approximate surface area is 131 Å². The first-order chi connectivity index (χ1) is 10.7. The molecular formula is C19H21NO2. The van der Waals surface area contributed by atoms with E-state index < -0.39 is 0 Å². The Hall–Kier alpha value is -2.55. The second-order valence-electron chi connectivity index (χ2n) is 4.91. The zero-order valence-corrected chi connectivity index (χ0v) is 13.1. The van der Waals surface area contributed by atoms with E-state index in [1.165, 1.54) is 0 Å². The topological polar surface area (TPSA) is 30.8 Å². The summed E-state index contributed by atoms with van der Waals surface area (Å²) in [7, 11) is 1.55. The first-order valence-corrected chi connectivity index (χ1v) is 7.31. The van der Waals surface area contributed by atoms with Crippen LogP contribution >= 0.6 is 0 Å². The number of nitrogens with zero attached hydrogens (tertiary/aromatic N) is 1. The summed E-state index contributed by atoms with van der Waals surface area (Å²) >= 11 is 0. The first kappa shape index (κ1) is 15.8. The number of oxime groups is 1. The third-order valence-corrected chi connectivity index (χ3v) is 3.30. The van der Waals surface area contributed by atoms with Crippen molar-refractivity contribution in [3.05, 3.63) is 77.9 Å². The molecule has 3 heteroatoms. The van der Waals surface area contributed by atoms with Gasteiger partial charge in [0, 0.05) is 11.1 Å². The molecule has 0 N–H and O–H groups in total. The molecule has 114 valence electrons. The summed E-state index contributed by atoms with van der Waals surface area (Å²) in [4.78, 5) is 4.98. The lowest BCUT2D eigenvalue weighted by Gasteiger charge is -2.09. The Morgan fingerprint density at radius 2 is 1.64 bits per heavy atom. The smallest absolute Gasteiger partial charge is 0.119 e. The molecule has 3 nitrogen and oxygen atoms in total. The number of benzene rings is 2. The Balaban J connectivity index is 2.17. The van der Waals surface area contributed by atoms with E-state index in [1.807, 2.05) is 54.6 Å². The maximum absolute atomic E-state index is 5.69. The van der Waals surface area contributed by atoms with Crippen LogP contribution in [0, 0.1) is 0 Å². The van der Waals surface area contributed by atoms with Crippen molar-refractivity contribution in [2.75, 3.05) is 13.7 Å². The predicted molar refractivity (Wildman–Crippen MR) is 90.5 cm³/mol. The first-order valence-electron chi connectivity index (χ1n) is 7.31. The van der Waals surface area contributed by atoms with Gasteiger partial charge in [0.15, 0.2) is 0 Å². The minimum absolute atomic E-state index is 0.549. The zero-order valence-electron chi connectivity index (χ0n) is 13.1. The summed E-state index contributed by atoms with van der Waals surface area (Å²) in [6.45, 7) is 6.56. The molecule has 0 bridgehead atoms. The monoisotopic (exact) mass is 295 g/mol. The zero-order chi connectivity index (χ0) is 15.8. The van der Waals surface area contributed by atoms with Crippen LogP contribution in [-0.4, -0.2) is 19.4 Å². The average Bonchev–Trinajstić information content (AvgIpc) is 2.59. The Kier molecular flexibility index (Phi) is 5.78. The fraction of sp³-hybridized carbons (Fsp3) is 0.211. The number of rotatable bonds is 7. The molecule has 0 aromatic heterocycles. The van der Waals surface area contributed by atoms with E-state index in [-0.39, 0.29) is 0 Å². The maximum atomic E-state index is 5.69. The van der Waals surface area contributed by atoms with Crippen LogP contribution < -0.4 is 4.74 Å². The Bertz CT molecular complexity index is 630. The SMILES string of the molecule is C=C(CC)COc1ccc(C(=NOC)c2ccccc2)cc1. The average molecular weight is 295 g/mol. The molecule has 2 rings (SSSR count). The van der Waals surface area contributed by atoms with Crippen LogP contribution in [0.5, 0.6) is 5.75 Å². The normalized spacial score (nSPS) is 11.1. The summed E-state index contributed by atoms with van der Waals surface area (Å²) in [6, 6.07) is 17.8. The lowest BCUT2D eigenvalue weighted by atomic mass is 10.0. The molecule has 0 spiro atoms.